The van der Waals surface area contributed by atoms with Crippen LogP contribution in [0.5, 0.6) is 11.5 Å². The molecule has 29 heavy (non-hydrogen) atoms. The van der Waals surface area contributed by atoms with E-state index in [0.29, 0.717) is 0 Å². The Bertz CT molecular complexity index is 1310. The van der Waals surface area contributed by atoms with E-state index in [0.717, 1.165) is 38.4 Å². The van der Waals surface area contributed by atoms with E-state index in [4.69, 9.17) is 9.72 Å². The molecule has 1 aliphatic rings. The van der Waals surface area contributed by atoms with Crippen LogP contribution < -0.4 is 9.64 Å². The molecule has 0 unspecified atom stereocenters. The first-order valence-corrected chi connectivity index (χ1v) is 10.3. The van der Waals surface area contributed by atoms with E-state index in [2.05, 4.69) is 59.5 Å². The zero-order chi connectivity index (χ0) is 19.2. The monoisotopic (exact) mass is 392 g/mol. The molecule has 3 heterocycles. The van der Waals surface area contributed by atoms with E-state index in [1.807, 2.05) is 42.6 Å². The van der Waals surface area contributed by atoms with Gasteiger partial charge < -0.3 is 4.74 Å². The molecule has 0 saturated carbocycles. The average Bonchev–Trinajstić information content (AvgIpc) is 3.26. The summed E-state index contributed by atoms with van der Waals surface area (Å²) in [5.74, 6) is 1.73. The maximum atomic E-state index is 6.13. The standard InChI is InChI=1S/C25H16N2OS/c1-2-8-18-17(7-1)15-16-26-25(18)23-13-14-24(29-23)27-19-9-3-5-11-21(19)28-22-12-6-4-10-20(22)27/h1-16H. The molecule has 0 aliphatic carbocycles. The Morgan fingerprint density at radius 2 is 1.38 bits per heavy atom. The molecule has 6 rings (SSSR count). The molecular weight excluding hydrogens is 376 g/mol. The van der Waals surface area contributed by atoms with Crippen LogP contribution in [0.25, 0.3) is 21.3 Å². The second-order valence-corrected chi connectivity index (χ2v) is 7.95. The van der Waals surface area contributed by atoms with Crippen molar-refractivity contribution in [3.05, 3.63) is 97.2 Å². The van der Waals surface area contributed by atoms with Crippen LogP contribution in [-0.4, -0.2) is 4.98 Å². The number of hydrogen-bond donors (Lipinski definition) is 0. The molecule has 0 atom stereocenters. The van der Waals surface area contributed by atoms with Gasteiger partial charge in [0.25, 0.3) is 0 Å². The molecule has 0 saturated heterocycles. The number of benzene rings is 3. The Morgan fingerprint density at radius 1 is 0.690 bits per heavy atom. The van der Waals surface area contributed by atoms with Gasteiger partial charge in [0.05, 0.1) is 21.9 Å². The van der Waals surface area contributed by atoms with Crippen LogP contribution >= 0.6 is 11.3 Å². The number of para-hydroxylation sites is 4. The largest absolute Gasteiger partial charge is 0.453 e. The summed E-state index contributed by atoms with van der Waals surface area (Å²) in [6, 6.07) is 31.1. The Kier molecular flexibility index (Phi) is 3.64. The topological polar surface area (TPSA) is 25.4 Å². The van der Waals surface area contributed by atoms with Gasteiger partial charge in [0, 0.05) is 11.6 Å². The third kappa shape index (κ3) is 2.61. The fourth-order valence-corrected chi connectivity index (χ4v) is 4.88. The highest BCUT2D eigenvalue weighted by molar-refractivity contribution is 7.19. The number of hydrogen-bond acceptors (Lipinski definition) is 4. The van der Waals surface area contributed by atoms with Crippen molar-refractivity contribution < 1.29 is 4.74 Å². The molecule has 0 radical (unpaired) electrons. The van der Waals surface area contributed by atoms with Crippen molar-refractivity contribution in [3.8, 4) is 22.1 Å². The summed E-state index contributed by atoms with van der Waals surface area (Å²) in [6.45, 7) is 0. The lowest BCUT2D eigenvalue weighted by molar-refractivity contribution is 0.477. The van der Waals surface area contributed by atoms with Gasteiger partial charge in [-0.1, -0.05) is 48.5 Å². The molecule has 0 spiro atoms. The van der Waals surface area contributed by atoms with Crippen molar-refractivity contribution >= 4 is 38.5 Å². The minimum absolute atomic E-state index is 0.865. The second-order valence-electron chi connectivity index (χ2n) is 6.89. The van der Waals surface area contributed by atoms with Gasteiger partial charge in [-0.15, -0.1) is 11.3 Å². The summed E-state index contributed by atoms with van der Waals surface area (Å²) in [4.78, 5) is 8.11. The maximum absolute atomic E-state index is 6.13. The Labute approximate surface area is 172 Å². The van der Waals surface area contributed by atoms with Crippen LogP contribution in [0, 0.1) is 0 Å². The third-order valence-electron chi connectivity index (χ3n) is 5.15. The lowest BCUT2D eigenvalue weighted by atomic mass is 10.1. The summed E-state index contributed by atoms with van der Waals surface area (Å²) in [5, 5.41) is 3.51. The number of aromatic nitrogens is 1. The highest BCUT2D eigenvalue weighted by Gasteiger charge is 2.26. The van der Waals surface area contributed by atoms with Gasteiger partial charge in [-0.3, -0.25) is 9.88 Å². The van der Waals surface area contributed by atoms with Crippen molar-refractivity contribution in [1.82, 2.24) is 4.98 Å². The van der Waals surface area contributed by atoms with Gasteiger partial charge in [0.15, 0.2) is 11.5 Å². The number of nitrogens with zero attached hydrogens (tertiary/aromatic N) is 2. The van der Waals surface area contributed by atoms with E-state index in [9.17, 15) is 0 Å². The predicted molar refractivity (Wildman–Crippen MR) is 120 cm³/mol. The number of fused-ring (bicyclic) bond motifs is 3. The number of thiophene rings is 1. The van der Waals surface area contributed by atoms with Crippen LogP contribution in [0.4, 0.5) is 16.4 Å². The molecule has 2 aromatic heterocycles. The number of rotatable bonds is 2. The molecule has 5 aromatic rings. The molecule has 0 amide bonds. The fourth-order valence-electron chi connectivity index (χ4n) is 3.83. The van der Waals surface area contributed by atoms with Crippen molar-refractivity contribution in [3.63, 3.8) is 0 Å². The van der Waals surface area contributed by atoms with Crippen molar-refractivity contribution in [2.45, 2.75) is 0 Å². The molecule has 4 heteroatoms. The summed E-state index contributed by atoms with van der Waals surface area (Å²) in [7, 11) is 0. The molecule has 3 nitrogen and oxygen atoms in total. The normalized spacial score (nSPS) is 12.3. The highest BCUT2D eigenvalue weighted by Crippen LogP contribution is 2.52. The van der Waals surface area contributed by atoms with Gasteiger partial charge in [-0.2, -0.15) is 0 Å². The first kappa shape index (κ1) is 16.3. The van der Waals surface area contributed by atoms with Gasteiger partial charge in [-0.05, 0) is 47.9 Å². The fraction of sp³-hybridized carbons (Fsp3) is 0. The van der Waals surface area contributed by atoms with Gasteiger partial charge >= 0.3 is 0 Å². The summed E-state index contributed by atoms with van der Waals surface area (Å²) >= 11 is 1.74. The van der Waals surface area contributed by atoms with Crippen molar-refractivity contribution in [1.29, 1.82) is 0 Å². The second kappa shape index (κ2) is 6.47. The zero-order valence-electron chi connectivity index (χ0n) is 15.4. The maximum Gasteiger partial charge on any atom is 0.151 e. The summed E-state index contributed by atoms with van der Waals surface area (Å²) in [5.41, 5.74) is 3.12. The molecule has 0 N–H and O–H groups in total. The molecule has 3 aromatic carbocycles. The van der Waals surface area contributed by atoms with E-state index < -0.39 is 0 Å². The van der Waals surface area contributed by atoms with Crippen molar-refractivity contribution in [2.24, 2.45) is 0 Å². The van der Waals surface area contributed by atoms with E-state index in [1.54, 1.807) is 11.3 Å². The Hall–Kier alpha value is -3.63. The van der Waals surface area contributed by atoms with Crippen LogP contribution in [0.15, 0.2) is 97.2 Å². The smallest absolute Gasteiger partial charge is 0.151 e. The quantitative estimate of drug-likeness (QED) is 0.304. The first-order chi connectivity index (χ1) is 14.4. The van der Waals surface area contributed by atoms with Gasteiger partial charge in [0.1, 0.15) is 5.00 Å². The highest BCUT2D eigenvalue weighted by atomic mass is 32.1. The zero-order valence-corrected chi connectivity index (χ0v) is 16.3. The summed E-state index contributed by atoms with van der Waals surface area (Å²) < 4.78 is 6.13. The first-order valence-electron chi connectivity index (χ1n) is 9.48. The Balaban J connectivity index is 1.52. The average molecular weight is 392 g/mol. The number of ether oxygens (including phenoxy) is 1. The van der Waals surface area contributed by atoms with E-state index in [-0.39, 0.29) is 0 Å². The molecule has 138 valence electrons. The molecule has 0 fully saturated rings. The predicted octanol–water partition coefficient (Wildman–Crippen LogP) is 7.54. The van der Waals surface area contributed by atoms with Gasteiger partial charge in [-0.25, -0.2) is 0 Å². The van der Waals surface area contributed by atoms with Gasteiger partial charge in [0.2, 0.25) is 0 Å². The third-order valence-corrected chi connectivity index (χ3v) is 6.23. The minimum atomic E-state index is 0.865. The van der Waals surface area contributed by atoms with Crippen LogP contribution in [-0.2, 0) is 0 Å². The number of anilines is 3. The van der Waals surface area contributed by atoms with Crippen molar-refractivity contribution in [2.75, 3.05) is 4.90 Å². The lowest BCUT2D eigenvalue weighted by Crippen LogP contribution is -2.14. The van der Waals surface area contributed by atoms with E-state index >= 15 is 0 Å². The summed E-state index contributed by atoms with van der Waals surface area (Å²) in [6.07, 6.45) is 1.89. The van der Waals surface area contributed by atoms with Crippen LogP contribution in [0.2, 0.25) is 0 Å². The Morgan fingerprint density at radius 3 is 2.17 bits per heavy atom. The van der Waals surface area contributed by atoms with Crippen LogP contribution in [0.3, 0.4) is 0 Å². The molecular formula is C25H16N2OS. The minimum Gasteiger partial charge on any atom is -0.453 e. The van der Waals surface area contributed by atoms with E-state index in [1.165, 1.54) is 10.8 Å². The lowest BCUT2D eigenvalue weighted by Gasteiger charge is -2.31. The molecule has 1 aliphatic heterocycles. The number of pyridine rings is 1. The molecule has 0 bridgehead atoms. The van der Waals surface area contributed by atoms with Crippen LogP contribution in [0.1, 0.15) is 0 Å². The SMILES string of the molecule is c1ccc2c(c1)Oc1ccccc1N2c1ccc(-c2nccc3ccccc23)s1.